The first-order valence-corrected chi connectivity index (χ1v) is 42.2. The van der Waals surface area contributed by atoms with Crippen molar-refractivity contribution in [3.8, 4) is 57.8 Å². The molecule has 0 unspecified atom stereocenters. The fraction of sp³-hybridized carbons (Fsp3) is 0.380. The second-order valence-corrected chi connectivity index (χ2v) is 31.7. The molecule has 0 aromatic heterocycles. The van der Waals surface area contributed by atoms with Gasteiger partial charge in [-0.25, -0.2) is 30.3 Å². The van der Waals surface area contributed by atoms with Gasteiger partial charge in [-0.15, -0.1) is 24.3 Å². The van der Waals surface area contributed by atoms with E-state index in [1.165, 1.54) is 181 Å². The molecule has 8 nitrogen and oxygen atoms in total. The molecule has 0 radical (unpaired) electrons. The van der Waals surface area contributed by atoms with Crippen LogP contribution in [0.4, 0.5) is 0 Å². The summed E-state index contributed by atoms with van der Waals surface area (Å²) in [7, 11) is 5.03. The van der Waals surface area contributed by atoms with E-state index < -0.39 is 23.9 Å². The number of ether oxygens (including phenoxy) is 4. The first-order chi connectivity index (χ1) is 51.6. The van der Waals surface area contributed by atoms with Crippen molar-refractivity contribution in [2.45, 2.75) is 220 Å². The molecule has 16 heteroatoms. The Morgan fingerprint density at radius 1 is 0.319 bits per heavy atom. The average molecular weight is 2120 g/mol. The molecule has 0 bridgehead atoms. The topological polar surface area (TPSA) is 105 Å². The summed E-state index contributed by atoms with van der Waals surface area (Å²) in [5, 5.41) is 0. The zero-order chi connectivity index (χ0) is 75.9. The fourth-order valence-corrected chi connectivity index (χ4v) is 14.2. The second kappa shape index (κ2) is 71.9. The standard InChI is InChI=1S/C26H22Br2O4.2C20H16Br2.C6H6O4.4C5H10.2CH4.6CH3.2Zr/c1-31-25(29)23-21(15-7-11-17(27)12-8-15)19-5-3-4-6-20(19)22(24(23)26(30)32-2)16-9-13-18(28)14-10-16;21-19-9-5-15(6-10-19)13-17-3-1-2-4-18(17)14-16-7-11-20(22)12-8-16;21-19-13-9-17(10-14-19)7-5-3-1-2-4-6-8-18-11-15-20(22)16-12-18;1-9-5(7)3-4-6(8)10-2;4*1-2-4-5-3-1;;;;;;;;;;/h7-14H,3-6H2,1-2H3;5-12H,1-4H2;9-16H,1-4H2;1-2H3;4*1-5H2;2*1H4;6*1H3;;/q;-2;;;;;;;;;6*-1;2*+4. The third-order valence-electron chi connectivity index (χ3n) is 18.3. The molecule has 0 N–H and O–H groups in total. The molecule has 13 rings (SSSR count). The molecule has 116 heavy (non-hydrogen) atoms. The number of allylic oxidation sites excluding steroid dienone is 2. The average Bonchev–Trinajstić information content (AvgIpc) is 1.03. The molecular formula is C100H126Br6O8Zr2. The third kappa shape index (κ3) is 46.9. The van der Waals surface area contributed by atoms with Crippen LogP contribution < -0.4 is 0 Å². The van der Waals surface area contributed by atoms with Gasteiger partial charge in [0.15, 0.2) is 0 Å². The Hall–Kier alpha value is -4.77. The summed E-state index contributed by atoms with van der Waals surface area (Å²) in [6.45, 7) is 0. The van der Waals surface area contributed by atoms with E-state index in [4.69, 9.17) is 9.47 Å². The van der Waals surface area contributed by atoms with Gasteiger partial charge in [0.2, 0.25) is 0 Å². The molecule has 624 valence electrons. The molecule has 6 aliphatic carbocycles. The Bertz CT molecular complexity index is 3770. The van der Waals surface area contributed by atoms with Gasteiger partial charge in [0, 0.05) is 64.8 Å². The molecule has 0 heterocycles. The van der Waals surface area contributed by atoms with Crippen molar-refractivity contribution in [3.05, 3.63) is 285 Å². The normalized spacial score (nSPS) is 13.6. The number of hydrogen-bond donors (Lipinski definition) is 0. The first kappa shape index (κ1) is 120. The maximum Gasteiger partial charge on any atom is 4.00 e. The number of benzene rings is 7. The molecule has 0 spiro atoms. The van der Waals surface area contributed by atoms with Crippen molar-refractivity contribution in [3.63, 3.8) is 0 Å². The van der Waals surface area contributed by atoms with E-state index in [2.05, 4.69) is 189 Å². The minimum absolute atomic E-state index is 0. The van der Waals surface area contributed by atoms with Crippen LogP contribution in [0.1, 0.15) is 262 Å². The van der Waals surface area contributed by atoms with Crippen LogP contribution in [0.2, 0.25) is 0 Å². The van der Waals surface area contributed by atoms with Gasteiger partial charge in [0.25, 0.3) is 0 Å². The van der Waals surface area contributed by atoms with Crippen molar-refractivity contribution in [1.82, 2.24) is 0 Å². The Balaban J connectivity index is -0.000000437. The summed E-state index contributed by atoms with van der Waals surface area (Å²) in [5.41, 5.74) is 13.0. The number of esters is 4. The van der Waals surface area contributed by atoms with Crippen molar-refractivity contribution in [2.75, 3.05) is 28.4 Å². The molecule has 0 saturated heterocycles. The van der Waals surface area contributed by atoms with Gasteiger partial charge in [-0.3, -0.25) is 0 Å². The van der Waals surface area contributed by atoms with Crippen molar-refractivity contribution < 1.29 is 90.5 Å². The van der Waals surface area contributed by atoms with Crippen molar-refractivity contribution in [2.24, 2.45) is 0 Å². The summed E-state index contributed by atoms with van der Waals surface area (Å²) < 4.78 is 24.9. The molecule has 0 aliphatic heterocycles. The van der Waals surface area contributed by atoms with Gasteiger partial charge < -0.3 is 63.5 Å². The van der Waals surface area contributed by atoms with Crippen LogP contribution in [0, 0.1) is 92.2 Å². The van der Waals surface area contributed by atoms with Crippen LogP contribution in [-0.2, 0) is 93.8 Å². The SMILES string of the molecule is Brc1ccc(C#CCCCCC#Cc2ccc(Br)cc2)cc1.Brc1ccc([C-]=C2CCCCC2=[C-]c2ccc(Br)cc2)cc1.C.C.C1CCCC1.C1CCCC1.C1CCCC1.C1CCCC1.COC(=O)C#CC(=O)OC.COC(=O)c1c(C(=O)OC)c(-c2ccc(Br)cc2)c2c(c1-c1ccc(Br)cc1)CCCC2.[CH3-].[CH3-].[CH3-].[CH3-].[CH3-].[CH3-].[Zr+4].[Zr+4]. The number of rotatable bonds is 9. The minimum Gasteiger partial charge on any atom is -0.465 e. The largest absolute Gasteiger partial charge is 4.00 e. The summed E-state index contributed by atoms with van der Waals surface area (Å²) in [4.78, 5) is 46.8. The maximum absolute atomic E-state index is 13.2. The smallest absolute Gasteiger partial charge is 0.465 e. The quantitative estimate of drug-likeness (QED) is 0.0351. The zero-order valence-electron chi connectivity index (χ0n) is 69.0. The maximum atomic E-state index is 13.2. The number of unbranched alkanes of at least 4 members (excludes halogenated alkanes) is 3. The van der Waals surface area contributed by atoms with Gasteiger partial charge in [-0.1, -0.05) is 337 Å². The van der Waals surface area contributed by atoms with Gasteiger partial charge in [0.1, 0.15) is 0 Å². The molecule has 7 aromatic carbocycles. The van der Waals surface area contributed by atoms with E-state index in [9.17, 15) is 19.2 Å². The Morgan fingerprint density at radius 3 is 0.776 bits per heavy atom. The van der Waals surface area contributed by atoms with Crippen LogP contribution in [0.3, 0.4) is 0 Å². The number of halogens is 6. The van der Waals surface area contributed by atoms with E-state index in [0.717, 1.165) is 147 Å². The summed E-state index contributed by atoms with van der Waals surface area (Å²) in [6, 6.07) is 48.4. The Morgan fingerprint density at radius 2 is 0.543 bits per heavy atom. The predicted octanol–water partition coefficient (Wildman–Crippen LogP) is 30.9. The summed E-state index contributed by atoms with van der Waals surface area (Å²) in [5.74, 6) is 14.0. The van der Waals surface area contributed by atoms with Gasteiger partial charge in [0.05, 0.1) is 39.6 Å². The number of hydrogen-bond acceptors (Lipinski definition) is 8. The van der Waals surface area contributed by atoms with E-state index in [1.807, 2.05) is 109 Å². The van der Waals surface area contributed by atoms with Crippen LogP contribution in [0.15, 0.2) is 184 Å². The van der Waals surface area contributed by atoms with E-state index in [-0.39, 0.29) is 123 Å². The Kier molecular flexibility index (Phi) is 74.2. The molecule has 5 saturated carbocycles. The number of methoxy groups -OCH3 is 4. The molecule has 7 aromatic rings. The van der Waals surface area contributed by atoms with E-state index >= 15 is 0 Å². The molecule has 5 fully saturated rings. The summed E-state index contributed by atoms with van der Waals surface area (Å²) in [6.07, 6.45) is 49.6. The van der Waals surface area contributed by atoms with Gasteiger partial charge >= 0.3 is 76.3 Å². The van der Waals surface area contributed by atoms with E-state index in [0.29, 0.717) is 0 Å². The zero-order valence-corrected chi connectivity index (χ0v) is 83.4. The molecule has 6 aliphatic rings. The molecule has 0 amide bonds. The van der Waals surface area contributed by atoms with Gasteiger partial charge in [-0.05, 0) is 143 Å². The minimum atomic E-state index is -0.759. The van der Waals surface area contributed by atoms with Crippen LogP contribution in [0.5, 0.6) is 0 Å². The number of fused-ring (bicyclic) bond motifs is 1. The molecular weight excluding hydrogens is 1990 g/mol. The molecule has 0 atom stereocenters. The third-order valence-corrected chi connectivity index (χ3v) is 21.4. The van der Waals surface area contributed by atoms with Gasteiger partial charge in [-0.2, -0.15) is 23.3 Å². The monoisotopic (exact) mass is 2110 g/mol. The second-order valence-electron chi connectivity index (χ2n) is 26.2. The number of carbonyl (C=O) groups is 4. The van der Waals surface area contributed by atoms with Crippen LogP contribution in [-0.4, -0.2) is 52.3 Å². The van der Waals surface area contributed by atoms with E-state index in [1.54, 1.807) is 0 Å². The van der Waals surface area contributed by atoms with Crippen molar-refractivity contribution in [1.29, 1.82) is 0 Å². The van der Waals surface area contributed by atoms with Crippen LogP contribution >= 0.6 is 95.6 Å². The van der Waals surface area contributed by atoms with Crippen LogP contribution in [0.25, 0.3) is 22.3 Å². The predicted molar refractivity (Wildman–Crippen MR) is 507 cm³/mol. The Labute approximate surface area is 792 Å². The first-order valence-electron chi connectivity index (χ1n) is 37.4. The van der Waals surface area contributed by atoms with Crippen molar-refractivity contribution >= 4 is 119 Å². The fourth-order valence-electron chi connectivity index (χ4n) is 12.6. The summed E-state index contributed by atoms with van der Waals surface area (Å²) >= 11 is 20.8. The number of carbonyl (C=O) groups excluding carboxylic acids is 4.